The van der Waals surface area contributed by atoms with Crippen LogP contribution in [0.1, 0.15) is 21.5 Å². The fourth-order valence-corrected chi connectivity index (χ4v) is 4.12. The number of benzene rings is 3. The average Bonchev–Trinajstić information content (AvgIpc) is 2.59. The van der Waals surface area contributed by atoms with Gasteiger partial charge in [-0.1, -0.05) is 55.6 Å². The molecule has 1 heteroatoms. The van der Waals surface area contributed by atoms with Gasteiger partial charge < -0.3 is 0 Å². The number of carbonyl (C=O) groups excluding carboxylic acids is 1. The first kappa shape index (κ1) is 12.6. The number of hydrogen-bond donors (Lipinski definition) is 0. The molecular formula is C22H14O. The van der Waals surface area contributed by atoms with Crippen LogP contribution >= 0.6 is 0 Å². The second-order valence-corrected chi connectivity index (χ2v) is 6.26. The monoisotopic (exact) mass is 294 g/mol. The zero-order valence-corrected chi connectivity index (χ0v) is 12.6. The van der Waals surface area contributed by atoms with Crippen molar-refractivity contribution in [3.05, 3.63) is 82.2 Å². The van der Waals surface area contributed by atoms with E-state index in [4.69, 9.17) is 0 Å². The van der Waals surface area contributed by atoms with Gasteiger partial charge in [-0.2, -0.15) is 0 Å². The first-order chi connectivity index (χ1) is 11.2. The van der Waals surface area contributed by atoms with Crippen molar-refractivity contribution in [3.8, 4) is 11.1 Å². The lowest BCUT2D eigenvalue weighted by atomic mass is 9.75. The fraction of sp³-hybridized carbons (Fsp3) is 0.0455. The third-order valence-corrected chi connectivity index (χ3v) is 5.11. The molecule has 0 unspecified atom stereocenters. The molecule has 23 heavy (non-hydrogen) atoms. The topological polar surface area (TPSA) is 17.1 Å². The average molecular weight is 294 g/mol. The van der Waals surface area contributed by atoms with Crippen molar-refractivity contribution < 1.29 is 4.79 Å². The van der Waals surface area contributed by atoms with E-state index >= 15 is 0 Å². The molecule has 0 amide bonds. The summed E-state index contributed by atoms with van der Waals surface area (Å²) < 4.78 is 0. The first-order valence-electron chi connectivity index (χ1n) is 7.78. The SMILES string of the molecule is C=CC1=c2c3c(ccc2=C)C(=O)c2cccc4ccc(c-3c24)C1. The minimum absolute atomic E-state index is 0.113. The van der Waals surface area contributed by atoms with Gasteiger partial charge >= 0.3 is 0 Å². The number of allylic oxidation sites excluding steroid dienone is 1. The fourth-order valence-electron chi connectivity index (χ4n) is 4.12. The highest BCUT2D eigenvalue weighted by Gasteiger charge is 2.30. The van der Waals surface area contributed by atoms with E-state index in [2.05, 4.69) is 31.4 Å². The number of ketones is 1. The van der Waals surface area contributed by atoms with Crippen LogP contribution in [0.4, 0.5) is 0 Å². The number of hydrogen-bond acceptors (Lipinski definition) is 1. The third-order valence-electron chi connectivity index (χ3n) is 5.11. The van der Waals surface area contributed by atoms with Crippen LogP contribution in [0.15, 0.2) is 55.1 Å². The van der Waals surface area contributed by atoms with Gasteiger partial charge in [0.05, 0.1) is 0 Å². The molecule has 0 atom stereocenters. The Morgan fingerprint density at radius 2 is 1.83 bits per heavy atom. The van der Waals surface area contributed by atoms with E-state index in [9.17, 15) is 4.79 Å². The summed E-state index contributed by atoms with van der Waals surface area (Å²) in [5.74, 6) is 0.113. The van der Waals surface area contributed by atoms with Gasteiger partial charge in [-0.3, -0.25) is 4.79 Å². The summed E-state index contributed by atoms with van der Waals surface area (Å²) in [5.41, 5.74) is 6.31. The van der Waals surface area contributed by atoms with Crippen molar-refractivity contribution >= 4 is 28.7 Å². The highest BCUT2D eigenvalue weighted by molar-refractivity contribution is 6.26. The number of carbonyl (C=O) groups is 1. The Morgan fingerprint density at radius 3 is 2.65 bits per heavy atom. The summed E-state index contributed by atoms with van der Waals surface area (Å²) in [6, 6.07) is 14.2. The van der Waals surface area contributed by atoms with Crippen LogP contribution in [-0.2, 0) is 6.42 Å². The maximum Gasteiger partial charge on any atom is 0.194 e. The van der Waals surface area contributed by atoms with E-state index in [0.29, 0.717) is 0 Å². The van der Waals surface area contributed by atoms with Crippen molar-refractivity contribution in [1.29, 1.82) is 0 Å². The van der Waals surface area contributed by atoms with E-state index in [-0.39, 0.29) is 5.78 Å². The van der Waals surface area contributed by atoms with Crippen molar-refractivity contribution in [2.45, 2.75) is 6.42 Å². The van der Waals surface area contributed by atoms with Crippen LogP contribution in [0.5, 0.6) is 0 Å². The summed E-state index contributed by atoms with van der Waals surface area (Å²) in [6.45, 7) is 8.17. The van der Waals surface area contributed by atoms with E-state index in [1.165, 1.54) is 11.1 Å². The molecule has 3 aromatic carbocycles. The molecule has 0 aliphatic heterocycles. The third kappa shape index (κ3) is 1.40. The molecule has 0 saturated carbocycles. The molecule has 5 rings (SSSR count). The van der Waals surface area contributed by atoms with Crippen LogP contribution in [-0.4, -0.2) is 5.78 Å². The Morgan fingerprint density at radius 1 is 0.957 bits per heavy atom. The number of rotatable bonds is 1. The van der Waals surface area contributed by atoms with Gasteiger partial charge in [0.15, 0.2) is 5.78 Å². The highest BCUT2D eigenvalue weighted by Crippen LogP contribution is 2.42. The second kappa shape index (κ2) is 4.08. The van der Waals surface area contributed by atoms with Gasteiger partial charge in [0.2, 0.25) is 0 Å². The standard InChI is InChI=1S/C22H14O/c1-3-13-11-15-9-8-14-5-4-6-16-19(14)20(15)21-17(22(16)23)10-7-12(2)18(13)21/h3-10H,1-2,11H2. The van der Waals surface area contributed by atoms with Crippen molar-refractivity contribution in [3.63, 3.8) is 0 Å². The lowest BCUT2D eigenvalue weighted by molar-refractivity contribution is 0.104. The Kier molecular flexibility index (Phi) is 2.23. The maximum absolute atomic E-state index is 13.0. The lowest BCUT2D eigenvalue weighted by Crippen LogP contribution is -2.34. The summed E-state index contributed by atoms with van der Waals surface area (Å²) in [4.78, 5) is 13.0. The second-order valence-electron chi connectivity index (χ2n) is 6.26. The van der Waals surface area contributed by atoms with Crippen LogP contribution in [0.25, 0.3) is 34.1 Å². The molecule has 1 nitrogen and oxygen atoms in total. The van der Waals surface area contributed by atoms with Gasteiger partial charge in [-0.05, 0) is 45.0 Å². The van der Waals surface area contributed by atoms with E-state index < -0.39 is 0 Å². The largest absolute Gasteiger partial charge is 0.289 e. The van der Waals surface area contributed by atoms with Gasteiger partial charge in [-0.15, -0.1) is 0 Å². The summed E-state index contributed by atoms with van der Waals surface area (Å²) in [7, 11) is 0. The molecule has 0 aromatic heterocycles. The smallest absolute Gasteiger partial charge is 0.194 e. The molecular weight excluding hydrogens is 280 g/mol. The van der Waals surface area contributed by atoms with Crippen LogP contribution < -0.4 is 10.4 Å². The molecule has 108 valence electrons. The predicted molar refractivity (Wildman–Crippen MR) is 94.9 cm³/mol. The van der Waals surface area contributed by atoms with E-state index in [0.717, 1.165) is 49.9 Å². The van der Waals surface area contributed by atoms with E-state index in [1.54, 1.807) is 0 Å². The normalized spacial score (nSPS) is 14.3. The van der Waals surface area contributed by atoms with Gasteiger partial charge in [-0.25, -0.2) is 0 Å². The summed E-state index contributed by atoms with van der Waals surface area (Å²) >= 11 is 0. The van der Waals surface area contributed by atoms with Crippen molar-refractivity contribution in [1.82, 2.24) is 0 Å². The molecule has 2 aliphatic carbocycles. The molecule has 0 radical (unpaired) electrons. The highest BCUT2D eigenvalue weighted by atomic mass is 16.1. The Balaban J connectivity index is 2.18. The van der Waals surface area contributed by atoms with Crippen LogP contribution in [0.3, 0.4) is 0 Å². The Labute approximate surface area is 133 Å². The molecule has 0 fully saturated rings. The maximum atomic E-state index is 13.0. The Bertz CT molecular complexity index is 1180. The molecule has 0 bridgehead atoms. The first-order valence-corrected chi connectivity index (χ1v) is 7.78. The summed E-state index contributed by atoms with van der Waals surface area (Å²) in [6.07, 6.45) is 2.75. The van der Waals surface area contributed by atoms with E-state index in [1.807, 2.05) is 30.3 Å². The molecule has 2 aliphatic rings. The molecule has 0 N–H and O–H groups in total. The molecule has 0 spiro atoms. The van der Waals surface area contributed by atoms with Crippen molar-refractivity contribution in [2.75, 3.05) is 0 Å². The minimum atomic E-state index is 0.113. The minimum Gasteiger partial charge on any atom is -0.289 e. The van der Waals surface area contributed by atoms with Crippen molar-refractivity contribution in [2.24, 2.45) is 0 Å². The van der Waals surface area contributed by atoms with Gasteiger partial charge in [0.25, 0.3) is 0 Å². The lowest BCUT2D eigenvalue weighted by Gasteiger charge is -2.27. The molecule has 3 aromatic rings. The Hall–Kier alpha value is -2.93. The summed E-state index contributed by atoms with van der Waals surface area (Å²) in [5, 5.41) is 4.29. The predicted octanol–water partition coefficient (Wildman–Crippen LogP) is 3.35. The zero-order chi connectivity index (χ0) is 15.7. The van der Waals surface area contributed by atoms with Crippen LogP contribution in [0.2, 0.25) is 0 Å². The quantitative estimate of drug-likeness (QED) is 0.526. The van der Waals surface area contributed by atoms with Gasteiger partial charge in [0.1, 0.15) is 0 Å². The van der Waals surface area contributed by atoms with Gasteiger partial charge in [0, 0.05) is 22.1 Å². The molecule has 0 heterocycles. The van der Waals surface area contributed by atoms with Crippen LogP contribution in [0, 0.1) is 0 Å². The zero-order valence-electron chi connectivity index (χ0n) is 12.6. The molecule has 0 saturated heterocycles.